The lowest BCUT2D eigenvalue weighted by atomic mass is 9.91. The number of carbonyl (C=O) groups is 2. The maximum Gasteiger partial charge on any atom is 0.371 e. The lowest BCUT2D eigenvalue weighted by Gasteiger charge is -2.35. The fourth-order valence-electron chi connectivity index (χ4n) is 4.21. The highest BCUT2D eigenvalue weighted by Gasteiger charge is 2.40. The van der Waals surface area contributed by atoms with Crippen molar-refractivity contribution in [2.45, 2.75) is 38.5 Å². The molecule has 2 aromatic heterocycles. The van der Waals surface area contributed by atoms with E-state index in [0.717, 1.165) is 12.1 Å². The number of ether oxygens (including phenoxy) is 2. The summed E-state index contributed by atoms with van der Waals surface area (Å²) in [5.74, 6) is -3.87. The van der Waals surface area contributed by atoms with Crippen LogP contribution in [0, 0.1) is 0 Å². The summed E-state index contributed by atoms with van der Waals surface area (Å²) in [7, 11) is 0. The number of carboxylic acid groups (broad SMARTS) is 2. The number of fused-ring (bicyclic) bond motifs is 2. The molecule has 0 aliphatic rings. The van der Waals surface area contributed by atoms with Crippen molar-refractivity contribution in [1.29, 1.82) is 0 Å². The Morgan fingerprint density at radius 3 is 1.82 bits per heavy atom. The van der Waals surface area contributed by atoms with Gasteiger partial charge >= 0.3 is 11.9 Å². The van der Waals surface area contributed by atoms with E-state index in [4.69, 9.17) is 28.5 Å². The first-order chi connectivity index (χ1) is 18.1. The quantitative estimate of drug-likeness (QED) is 0.298. The Hall–Kier alpha value is -4.67. The Morgan fingerprint density at radius 1 is 0.868 bits per heavy atom. The molecule has 198 valence electrons. The molecule has 0 bridgehead atoms. The van der Waals surface area contributed by atoms with Gasteiger partial charge in [-0.2, -0.15) is 0 Å². The summed E-state index contributed by atoms with van der Waals surface area (Å²) in [5.41, 5.74) is -2.83. The van der Waals surface area contributed by atoms with Gasteiger partial charge in [0.25, 0.3) is 0 Å². The van der Waals surface area contributed by atoms with Crippen molar-refractivity contribution < 1.29 is 42.5 Å². The van der Waals surface area contributed by atoms with E-state index in [-0.39, 0.29) is 46.3 Å². The Bertz CT molecular complexity index is 1650. The Kier molecular flexibility index (Phi) is 7.20. The van der Waals surface area contributed by atoms with E-state index in [1.165, 1.54) is 36.4 Å². The zero-order valence-corrected chi connectivity index (χ0v) is 20.4. The molecule has 0 radical (unpaired) electrons. The minimum absolute atomic E-state index is 0.00366. The molecule has 1 unspecified atom stereocenters. The van der Waals surface area contributed by atoms with Crippen molar-refractivity contribution in [3.63, 3.8) is 0 Å². The van der Waals surface area contributed by atoms with Gasteiger partial charge in [-0.3, -0.25) is 9.59 Å². The normalized spacial score (nSPS) is 12.4. The minimum atomic E-state index is -1.75. The molecule has 0 aliphatic carbocycles. The number of benzene rings is 2. The maximum absolute atomic E-state index is 15.8. The summed E-state index contributed by atoms with van der Waals surface area (Å²) < 4.78 is 38.1. The molecule has 0 saturated carbocycles. The van der Waals surface area contributed by atoms with Crippen molar-refractivity contribution in [1.82, 2.24) is 0 Å². The molecule has 0 saturated heterocycles. The monoisotopic (exact) mass is 526 g/mol. The number of carboxylic acids is 2. The number of hydrogen-bond donors (Lipinski definition) is 2. The maximum atomic E-state index is 15.8. The van der Waals surface area contributed by atoms with Gasteiger partial charge in [0.2, 0.25) is 11.5 Å². The average Bonchev–Trinajstić information content (AvgIpc) is 2.89. The lowest BCUT2D eigenvalue weighted by molar-refractivity contribution is -0.0349. The van der Waals surface area contributed by atoms with E-state index in [1.54, 1.807) is 13.8 Å². The first-order valence-corrected chi connectivity index (χ1v) is 11.7. The molecule has 4 rings (SSSR count). The summed E-state index contributed by atoms with van der Waals surface area (Å²) in [6.45, 7) is 2.86. The van der Waals surface area contributed by atoms with Crippen LogP contribution < -0.4 is 20.3 Å². The standard InChI is InChI=1S/C27H23FO10/c1-3-27(4-2,38-19-10-6-9-18-24(19)15(30)12-21(37-18)26(33)34)22(28)13-35-16-7-5-8-17-23(16)14(29)11-20(36-17)25(31)32/h5-12,22H,3-4,13H2,1-2H3,(H,31,32)(H,33,34). The van der Waals surface area contributed by atoms with Crippen LogP contribution in [-0.4, -0.2) is 40.5 Å². The molecule has 2 heterocycles. The van der Waals surface area contributed by atoms with Gasteiger partial charge in [0.15, 0.2) is 17.0 Å². The van der Waals surface area contributed by atoms with E-state index < -0.39 is 52.7 Å². The third-order valence-corrected chi connectivity index (χ3v) is 6.32. The summed E-state index contributed by atoms with van der Waals surface area (Å²) >= 11 is 0. The molecule has 1 atom stereocenters. The summed E-state index contributed by atoms with van der Waals surface area (Å²) in [4.78, 5) is 47.7. The van der Waals surface area contributed by atoms with E-state index in [1.807, 2.05) is 0 Å². The number of rotatable bonds is 10. The Balaban J connectivity index is 1.65. The van der Waals surface area contributed by atoms with E-state index in [9.17, 15) is 19.2 Å². The fourth-order valence-corrected chi connectivity index (χ4v) is 4.21. The summed E-state index contributed by atoms with van der Waals surface area (Å²) in [6.07, 6.45) is -1.41. The van der Waals surface area contributed by atoms with Gasteiger partial charge in [-0.25, -0.2) is 14.0 Å². The second kappa shape index (κ2) is 10.4. The zero-order valence-electron chi connectivity index (χ0n) is 20.4. The van der Waals surface area contributed by atoms with Crippen LogP contribution in [0.3, 0.4) is 0 Å². The van der Waals surface area contributed by atoms with Crippen LogP contribution in [0.1, 0.15) is 47.8 Å². The van der Waals surface area contributed by atoms with Crippen molar-refractivity contribution in [3.05, 3.63) is 80.5 Å². The molecular formula is C27H23FO10. The zero-order chi connectivity index (χ0) is 27.6. The molecule has 0 spiro atoms. The second-order valence-corrected chi connectivity index (χ2v) is 8.47. The van der Waals surface area contributed by atoms with Gasteiger partial charge in [-0.1, -0.05) is 26.0 Å². The summed E-state index contributed by atoms with van der Waals surface area (Å²) in [5, 5.41) is 18.2. The highest BCUT2D eigenvalue weighted by Crippen LogP contribution is 2.34. The summed E-state index contributed by atoms with van der Waals surface area (Å²) in [6, 6.07) is 10.3. The van der Waals surface area contributed by atoms with Gasteiger partial charge in [-0.05, 0) is 37.1 Å². The van der Waals surface area contributed by atoms with Crippen LogP contribution in [0.5, 0.6) is 11.5 Å². The van der Waals surface area contributed by atoms with Gasteiger partial charge < -0.3 is 28.5 Å². The second-order valence-electron chi connectivity index (χ2n) is 8.47. The van der Waals surface area contributed by atoms with Gasteiger partial charge in [0.1, 0.15) is 45.6 Å². The first kappa shape index (κ1) is 26.4. The van der Waals surface area contributed by atoms with Crippen LogP contribution in [0.4, 0.5) is 4.39 Å². The van der Waals surface area contributed by atoms with Crippen molar-refractivity contribution in [2.75, 3.05) is 6.61 Å². The lowest BCUT2D eigenvalue weighted by Crippen LogP contribution is -2.47. The van der Waals surface area contributed by atoms with Gasteiger partial charge in [-0.15, -0.1) is 0 Å². The highest BCUT2D eigenvalue weighted by atomic mass is 19.1. The molecule has 2 N–H and O–H groups in total. The van der Waals surface area contributed by atoms with Crippen LogP contribution >= 0.6 is 0 Å². The molecule has 38 heavy (non-hydrogen) atoms. The average molecular weight is 526 g/mol. The van der Waals surface area contributed by atoms with Crippen molar-refractivity contribution >= 4 is 33.9 Å². The van der Waals surface area contributed by atoms with E-state index >= 15 is 4.39 Å². The number of halogens is 1. The van der Waals surface area contributed by atoms with Gasteiger partial charge in [0, 0.05) is 12.1 Å². The molecule has 0 fully saturated rings. The third-order valence-electron chi connectivity index (χ3n) is 6.32. The van der Waals surface area contributed by atoms with Crippen LogP contribution in [0.15, 0.2) is 67.0 Å². The van der Waals surface area contributed by atoms with Crippen molar-refractivity contribution in [2.24, 2.45) is 0 Å². The van der Waals surface area contributed by atoms with E-state index in [0.29, 0.717) is 0 Å². The number of hydrogen-bond acceptors (Lipinski definition) is 8. The van der Waals surface area contributed by atoms with Crippen LogP contribution in [0.25, 0.3) is 21.9 Å². The first-order valence-electron chi connectivity index (χ1n) is 11.7. The predicted molar refractivity (Wildman–Crippen MR) is 133 cm³/mol. The van der Waals surface area contributed by atoms with Crippen LogP contribution in [-0.2, 0) is 0 Å². The van der Waals surface area contributed by atoms with Crippen LogP contribution in [0.2, 0.25) is 0 Å². The molecular weight excluding hydrogens is 503 g/mol. The highest BCUT2D eigenvalue weighted by molar-refractivity contribution is 5.90. The minimum Gasteiger partial charge on any atom is -0.489 e. The molecule has 4 aromatic rings. The predicted octanol–water partition coefficient (Wildman–Crippen LogP) is 4.65. The largest absolute Gasteiger partial charge is 0.489 e. The van der Waals surface area contributed by atoms with E-state index in [2.05, 4.69) is 0 Å². The molecule has 0 amide bonds. The molecule has 0 aliphatic heterocycles. The van der Waals surface area contributed by atoms with Crippen molar-refractivity contribution in [3.8, 4) is 11.5 Å². The molecule has 10 nitrogen and oxygen atoms in total. The number of alkyl halides is 1. The fraction of sp³-hybridized carbons (Fsp3) is 0.259. The SMILES string of the molecule is CCC(CC)(Oc1cccc2oc(C(=O)O)cc(=O)c12)C(F)COc1cccc2oc(C(=O)O)cc(=O)c12. The number of aromatic carboxylic acids is 2. The molecule has 11 heteroatoms. The van der Waals surface area contributed by atoms with Gasteiger partial charge in [0.05, 0.1) is 0 Å². The Morgan fingerprint density at radius 2 is 1.34 bits per heavy atom. The molecule has 2 aromatic carbocycles. The third kappa shape index (κ3) is 4.82. The topological polar surface area (TPSA) is 153 Å². The Labute approximate surface area is 213 Å². The smallest absolute Gasteiger partial charge is 0.371 e.